The van der Waals surface area contributed by atoms with Gasteiger partial charge in [0.15, 0.2) is 0 Å². The lowest BCUT2D eigenvalue weighted by Gasteiger charge is -2.37. The van der Waals surface area contributed by atoms with Crippen molar-refractivity contribution in [3.05, 3.63) is 97.1 Å². The molecular formula is C36H56O3Si. The van der Waals surface area contributed by atoms with Gasteiger partial charge in [-0.15, -0.1) is 13.2 Å². The normalized spacial score (nSPS) is 14.1. The van der Waals surface area contributed by atoms with E-state index in [9.17, 15) is 0 Å². The lowest BCUT2D eigenvalue weighted by Crippen LogP contribution is -2.36. The SMILES string of the molecule is C=CC(CCCOC(CCCC(C=C)CCOCc1ccccc1)C(C)(C)[SiH](C)C)CCOCc1ccccc1. The molecule has 0 fully saturated rings. The fraction of sp³-hybridized carbons (Fsp3) is 0.556. The molecule has 3 nitrogen and oxygen atoms in total. The minimum Gasteiger partial charge on any atom is -0.378 e. The fourth-order valence-electron chi connectivity index (χ4n) is 4.94. The van der Waals surface area contributed by atoms with Gasteiger partial charge in [-0.25, -0.2) is 0 Å². The highest BCUT2D eigenvalue weighted by molar-refractivity contribution is 6.59. The largest absolute Gasteiger partial charge is 0.378 e. The fourth-order valence-corrected chi connectivity index (χ4v) is 5.94. The van der Waals surface area contributed by atoms with Gasteiger partial charge in [0.2, 0.25) is 0 Å². The van der Waals surface area contributed by atoms with Crippen LogP contribution in [0.15, 0.2) is 86.0 Å². The molecule has 0 aromatic heterocycles. The van der Waals surface area contributed by atoms with E-state index in [1.807, 2.05) is 12.1 Å². The molecule has 3 unspecified atom stereocenters. The summed E-state index contributed by atoms with van der Waals surface area (Å²) in [6.07, 6.45) is 12.2. The molecule has 0 saturated heterocycles. The lowest BCUT2D eigenvalue weighted by atomic mass is 9.94. The molecule has 3 atom stereocenters. The maximum Gasteiger partial charge on any atom is 0.0716 e. The van der Waals surface area contributed by atoms with Gasteiger partial charge in [0.25, 0.3) is 0 Å². The summed E-state index contributed by atoms with van der Waals surface area (Å²) < 4.78 is 18.5. The second-order valence-corrected chi connectivity index (χ2v) is 15.9. The van der Waals surface area contributed by atoms with Crippen molar-refractivity contribution in [1.29, 1.82) is 0 Å². The molecule has 0 bridgehead atoms. The van der Waals surface area contributed by atoms with Crippen molar-refractivity contribution < 1.29 is 14.2 Å². The Balaban J connectivity index is 1.69. The highest BCUT2D eigenvalue weighted by atomic mass is 28.3. The zero-order valence-electron chi connectivity index (χ0n) is 25.9. The van der Waals surface area contributed by atoms with Crippen molar-refractivity contribution in [2.45, 2.75) is 96.2 Å². The first-order chi connectivity index (χ1) is 19.4. The first-order valence-corrected chi connectivity index (χ1v) is 18.4. The molecule has 2 rings (SSSR count). The molecule has 0 saturated carbocycles. The van der Waals surface area contributed by atoms with E-state index in [0.717, 1.165) is 58.3 Å². The summed E-state index contributed by atoms with van der Waals surface area (Å²) in [5.74, 6) is 0.969. The lowest BCUT2D eigenvalue weighted by molar-refractivity contribution is 0.0156. The predicted molar refractivity (Wildman–Crippen MR) is 175 cm³/mol. The van der Waals surface area contributed by atoms with E-state index in [-0.39, 0.29) is 5.04 Å². The molecule has 0 aliphatic rings. The van der Waals surface area contributed by atoms with Crippen LogP contribution in [-0.2, 0) is 27.4 Å². The highest BCUT2D eigenvalue weighted by Gasteiger charge is 2.33. The smallest absolute Gasteiger partial charge is 0.0716 e. The average molecular weight is 565 g/mol. The Morgan fingerprint density at radius 2 is 1.15 bits per heavy atom. The summed E-state index contributed by atoms with van der Waals surface area (Å²) in [5, 5.41) is 0.269. The van der Waals surface area contributed by atoms with Gasteiger partial charge in [-0.3, -0.25) is 0 Å². The maximum atomic E-state index is 6.63. The molecule has 2 aromatic rings. The summed E-state index contributed by atoms with van der Waals surface area (Å²) in [6.45, 7) is 21.7. The van der Waals surface area contributed by atoms with Crippen LogP contribution < -0.4 is 0 Å². The van der Waals surface area contributed by atoms with E-state index in [4.69, 9.17) is 14.2 Å². The third kappa shape index (κ3) is 13.6. The molecule has 4 heteroatoms. The van der Waals surface area contributed by atoms with Crippen LogP contribution in [0, 0.1) is 11.8 Å². The summed E-state index contributed by atoms with van der Waals surface area (Å²) in [7, 11) is -0.885. The van der Waals surface area contributed by atoms with Crippen LogP contribution in [0.1, 0.15) is 69.9 Å². The van der Waals surface area contributed by atoms with Gasteiger partial charge in [-0.1, -0.05) is 106 Å². The summed E-state index contributed by atoms with van der Waals surface area (Å²) in [4.78, 5) is 0. The number of rotatable bonds is 23. The van der Waals surface area contributed by atoms with Crippen molar-refractivity contribution in [2.24, 2.45) is 11.8 Å². The number of benzene rings is 2. The second-order valence-electron chi connectivity index (χ2n) is 12.1. The Hall–Kier alpha value is -1.98. The maximum absolute atomic E-state index is 6.63. The van der Waals surface area contributed by atoms with Crippen LogP contribution in [0.3, 0.4) is 0 Å². The van der Waals surface area contributed by atoms with Gasteiger partial charge in [-0.2, -0.15) is 0 Å². The Kier molecular flexibility index (Phi) is 17.1. The quantitative estimate of drug-likeness (QED) is 0.0764. The molecule has 0 heterocycles. The van der Waals surface area contributed by atoms with Gasteiger partial charge in [0.05, 0.1) is 19.3 Å². The van der Waals surface area contributed by atoms with Crippen molar-refractivity contribution >= 4 is 8.80 Å². The molecule has 0 radical (unpaired) electrons. The standard InChI is InChI=1S/C36H56O3Si/c1-7-31(24-27-37-29-33-17-11-9-12-18-33)21-15-23-35(36(3,4)40(5)6)39-26-16-22-32(8-2)25-28-38-30-34-19-13-10-14-20-34/h7-14,17-20,31-32,35,40H,1-2,15-16,21-30H2,3-6H3. The molecule has 0 aliphatic carbocycles. The number of ether oxygens (including phenoxy) is 3. The van der Waals surface area contributed by atoms with Crippen LogP contribution >= 0.6 is 0 Å². The van der Waals surface area contributed by atoms with E-state index in [0.29, 0.717) is 31.2 Å². The monoisotopic (exact) mass is 564 g/mol. The highest BCUT2D eigenvalue weighted by Crippen LogP contribution is 2.38. The van der Waals surface area contributed by atoms with Crippen LogP contribution in [-0.4, -0.2) is 34.7 Å². The minimum atomic E-state index is -0.885. The molecule has 0 spiro atoms. The second kappa shape index (κ2) is 20.0. The van der Waals surface area contributed by atoms with Gasteiger partial charge < -0.3 is 14.2 Å². The third-order valence-corrected chi connectivity index (χ3v) is 11.9. The Morgan fingerprint density at radius 1 is 0.675 bits per heavy atom. The summed E-state index contributed by atoms with van der Waals surface area (Å²) >= 11 is 0. The number of allylic oxidation sites excluding steroid dienone is 2. The zero-order chi connectivity index (χ0) is 29.1. The van der Waals surface area contributed by atoms with Gasteiger partial charge >= 0.3 is 0 Å². The Morgan fingerprint density at radius 3 is 1.60 bits per heavy atom. The predicted octanol–water partition coefficient (Wildman–Crippen LogP) is 9.41. The van der Waals surface area contributed by atoms with E-state index in [2.05, 4.69) is 101 Å². The van der Waals surface area contributed by atoms with Crippen molar-refractivity contribution in [3.63, 3.8) is 0 Å². The van der Waals surface area contributed by atoms with E-state index >= 15 is 0 Å². The first kappa shape index (κ1) is 34.2. The van der Waals surface area contributed by atoms with Crippen LogP contribution in [0.25, 0.3) is 0 Å². The van der Waals surface area contributed by atoms with Crippen LogP contribution in [0.5, 0.6) is 0 Å². The van der Waals surface area contributed by atoms with Crippen molar-refractivity contribution in [3.8, 4) is 0 Å². The topological polar surface area (TPSA) is 27.7 Å². The van der Waals surface area contributed by atoms with Crippen molar-refractivity contribution in [1.82, 2.24) is 0 Å². The third-order valence-electron chi connectivity index (χ3n) is 8.55. The summed E-state index contributed by atoms with van der Waals surface area (Å²) in [5.41, 5.74) is 2.46. The van der Waals surface area contributed by atoms with Gasteiger partial charge in [-0.05, 0) is 66.5 Å². The number of hydrogen-bond acceptors (Lipinski definition) is 3. The number of hydrogen-bond donors (Lipinski definition) is 0. The molecule has 0 amide bonds. The molecule has 222 valence electrons. The average Bonchev–Trinajstić information content (AvgIpc) is 2.97. The van der Waals surface area contributed by atoms with E-state index in [1.165, 1.54) is 17.5 Å². The zero-order valence-corrected chi connectivity index (χ0v) is 27.0. The first-order valence-electron chi connectivity index (χ1n) is 15.5. The Bertz CT molecular complexity index is 912. The van der Waals surface area contributed by atoms with Crippen LogP contribution in [0.2, 0.25) is 18.1 Å². The van der Waals surface area contributed by atoms with E-state index < -0.39 is 8.80 Å². The molecule has 40 heavy (non-hydrogen) atoms. The molecule has 2 aromatic carbocycles. The van der Waals surface area contributed by atoms with Gasteiger partial charge in [0.1, 0.15) is 0 Å². The Labute approximate surface area is 247 Å². The van der Waals surface area contributed by atoms with Crippen LogP contribution in [0.4, 0.5) is 0 Å². The molecule has 0 aliphatic heterocycles. The van der Waals surface area contributed by atoms with E-state index in [1.54, 1.807) is 0 Å². The van der Waals surface area contributed by atoms with Gasteiger partial charge in [0, 0.05) is 28.6 Å². The van der Waals surface area contributed by atoms with Crippen molar-refractivity contribution in [2.75, 3.05) is 19.8 Å². The molecule has 0 N–H and O–H groups in total. The summed E-state index contributed by atoms with van der Waals surface area (Å²) in [6, 6.07) is 20.8. The minimum absolute atomic E-state index is 0.269. The molecular weight excluding hydrogens is 508 g/mol.